The summed E-state index contributed by atoms with van der Waals surface area (Å²) in [6.07, 6.45) is 1.81. The maximum atomic E-state index is 5.37. The predicted octanol–water partition coefficient (Wildman–Crippen LogP) is 0.189. The van der Waals surface area contributed by atoms with Crippen LogP contribution < -0.4 is 10.9 Å². The van der Waals surface area contributed by atoms with E-state index < -0.39 is 0 Å². The summed E-state index contributed by atoms with van der Waals surface area (Å²) in [4.78, 5) is 0. The zero-order chi connectivity index (χ0) is 4.41. The molecule has 2 nitrogen and oxygen atoms in total. The summed E-state index contributed by atoms with van der Waals surface area (Å²) < 4.78 is 0. The minimum atomic E-state index is 0.634. The second kappa shape index (κ2) is 1.49. The second-order valence-electron chi connectivity index (χ2n) is 1.00. The molecule has 33 valence electrons. The van der Waals surface area contributed by atoms with Gasteiger partial charge in [0.2, 0.25) is 0 Å². The van der Waals surface area contributed by atoms with Crippen molar-refractivity contribution in [2.75, 3.05) is 6.54 Å². The summed E-state index contributed by atoms with van der Waals surface area (Å²) in [5.41, 5.74) is 6.26. The summed E-state index contributed by atoms with van der Waals surface area (Å²) in [6.45, 7) is 0.707. The number of hydrogen-bond acceptors (Lipinski definition) is 1. The van der Waals surface area contributed by atoms with Gasteiger partial charge < -0.3 is 0 Å². The lowest BCUT2D eigenvalue weighted by Gasteiger charge is -1.85. The molecule has 0 aliphatic carbocycles. The third kappa shape index (κ3) is 0.640. The van der Waals surface area contributed by atoms with Crippen LogP contribution in [-0.2, 0) is 0 Å². The van der Waals surface area contributed by atoms with Gasteiger partial charge in [-0.3, -0.25) is 5.43 Å². The van der Waals surface area contributed by atoms with Crippen molar-refractivity contribution in [3.05, 3.63) is 11.2 Å². The maximum absolute atomic E-state index is 5.37. The maximum Gasteiger partial charge on any atom is 0.115 e. The molecule has 0 bridgehead atoms. The zero-order valence-corrected chi connectivity index (χ0v) is 3.87. The molecule has 1 radical (unpaired) electrons. The molecule has 0 aromatic heterocycles. The van der Waals surface area contributed by atoms with E-state index in [9.17, 15) is 0 Å². The van der Waals surface area contributed by atoms with Gasteiger partial charge in [-0.15, -0.1) is 5.43 Å². The van der Waals surface area contributed by atoms with Gasteiger partial charge in [0.05, 0.1) is 6.54 Å². The van der Waals surface area contributed by atoms with E-state index in [4.69, 9.17) is 11.6 Å². The molecule has 0 atom stereocenters. The van der Waals surface area contributed by atoms with Gasteiger partial charge in [0.15, 0.2) is 0 Å². The normalized spacial score (nSPS) is 19.8. The highest BCUT2D eigenvalue weighted by Gasteiger charge is 1.95. The van der Waals surface area contributed by atoms with Crippen LogP contribution in [0.5, 0.6) is 0 Å². The molecule has 1 rings (SSSR count). The molecule has 6 heavy (non-hydrogen) atoms. The molecule has 0 spiro atoms. The van der Waals surface area contributed by atoms with Gasteiger partial charge in [0.1, 0.15) is 5.16 Å². The van der Waals surface area contributed by atoms with Crippen molar-refractivity contribution in [2.45, 2.75) is 0 Å². The summed E-state index contributed by atoms with van der Waals surface area (Å²) in [6, 6.07) is 0. The standard InChI is InChI=1S/C3H4ClN2/c4-3-1-2-5-6-3/h1,6H,2H2. The Kier molecular flexibility index (Phi) is 0.986. The lowest BCUT2D eigenvalue weighted by Crippen LogP contribution is -2.12. The van der Waals surface area contributed by atoms with Crippen LogP contribution in [-0.4, -0.2) is 6.54 Å². The third-order valence-corrected chi connectivity index (χ3v) is 0.786. The lowest BCUT2D eigenvalue weighted by atomic mass is 10.7. The van der Waals surface area contributed by atoms with Crippen LogP contribution in [0, 0.1) is 0 Å². The molecule has 1 heterocycles. The molecular formula is C3H4ClN2. The number of nitrogens with zero attached hydrogens (tertiary/aromatic N) is 1. The number of nitrogens with one attached hydrogen (secondary N) is 1. The first-order valence-corrected chi connectivity index (χ1v) is 2.05. The molecule has 0 fully saturated rings. The molecule has 1 aliphatic rings. The predicted molar refractivity (Wildman–Crippen MR) is 24.1 cm³/mol. The quantitative estimate of drug-likeness (QED) is 0.435. The van der Waals surface area contributed by atoms with E-state index in [1.54, 1.807) is 0 Å². The molecule has 0 unspecified atom stereocenters. The molecular weight excluding hydrogens is 99.5 g/mol. The van der Waals surface area contributed by atoms with Gasteiger partial charge in [-0.25, -0.2) is 0 Å². The van der Waals surface area contributed by atoms with Crippen LogP contribution in [0.2, 0.25) is 0 Å². The van der Waals surface area contributed by atoms with Crippen LogP contribution >= 0.6 is 11.6 Å². The van der Waals surface area contributed by atoms with Crippen LogP contribution in [0.4, 0.5) is 0 Å². The third-order valence-electron chi connectivity index (χ3n) is 0.548. The van der Waals surface area contributed by atoms with Crippen LogP contribution in [0.25, 0.3) is 0 Å². The van der Waals surface area contributed by atoms with Crippen molar-refractivity contribution in [1.82, 2.24) is 10.9 Å². The summed E-state index contributed by atoms with van der Waals surface area (Å²) >= 11 is 5.37. The monoisotopic (exact) mass is 103 g/mol. The second-order valence-corrected chi connectivity index (χ2v) is 1.41. The largest absolute Gasteiger partial charge is 0.294 e. The van der Waals surface area contributed by atoms with Gasteiger partial charge in [-0.05, 0) is 6.08 Å². The van der Waals surface area contributed by atoms with E-state index in [2.05, 4.69) is 10.9 Å². The van der Waals surface area contributed by atoms with Gasteiger partial charge >= 0.3 is 0 Å². The Morgan fingerprint density at radius 2 is 2.83 bits per heavy atom. The van der Waals surface area contributed by atoms with Crippen LogP contribution in [0.3, 0.4) is 0 Å². The Balaban J connectivity index is 2.45. The topological polar surface area (TPSA) is 26.1 Å². The minimum Gasteiger partial charge on any atom is -0.294 e. The molecule has 0 amide bonds. The summed E-state index contributed by atoms with van der Waals surface area (Å²) in [7, 11) is 0. The summed E-state index contributed by atoms with van der Waals surface area (Å²) in [5.74, 6) is 0. The van der Waals surface area contributed by atoms with Crippen molar-refractivity contribution in [3.63, 3.8) is 0 Å². The first-order chi connectivity index (χ1) is 2.89. The number of rotatable bonds is 0. The van der Waals surface area contributed by atoms with Gasteiger partial charge in [0.25, 0.3) is 0 Å². The van der Waals surface area contributed by atoms with Gasteiger partial charge in [-0.1, -0.05) is 11.6 Å². The number of hydrogen-bond donors (Lipinski definition) is 1. The van der Waals surface area contributed by atoms with Crippen molar-refractivity contribution >= 4 is 11.6 Å². The van der Waals surface area contributed by atoms with Crippen molar-refractivity contribution < 1.29 is 0 Å². The van der Waals surface area contributed by atoms with E-state index in [1.165, 1.54) is 0 Å². The Morgan fingerprint density at radius 1 is 2.00 bits per heavy atom. The fraction of sp³-hybridized carbons (Fsp3) is 0.333. The molecule has 0 aromatic rings. The van der Waals surface area contributed by atoms with Gasteiger partial charge in [0, 0.05) is 0 Å². The summed E-state index contributed by atoms with van der Waals surface area (Å²) in [5, 5.41) is 0.634. The molecule has 0 saturated heterocycles. The first-order valence-electron chi connectivity index (χ1n) is 1.68. The lowest BCUT2D eigenvalue weighted by molar-refractivity contribution is 0.702. The van der Waals surface area contributed by atoms with E-state index >= 15 is 0 Å². The number of halogens is 1. The van der Waals surface area contributed by atoms with E-state index in [0.717, 1.165) is 0 Å². The zero-order valence-electron chi connectivity index (χ0n) is 3.11. The van der Waals surface area contributed by atoms with E-state index in [-0.39, 0.29) is 0 Å². The highest BCUT2D eigenvalue weighted by molar-refractivity contribution is 6.29. The fourth-order valence-electron chi connectivity index (χ4n) is 0.293. The average Bonchev–Trinajstić information content (AvgIpc) is 1.86. The van der Waals surface area contributed by atoms with E-state index in [0.29, 0.717) is 11.7 Å². The van der Waals surface area contributed by atoms with E-state index in [1.807, 2.05) is 6.08 Å². The smallest absolute Gasteiger partial charge is 0.115 e. The molecule has 0 aromatic carbocycles. The van der Waals surface area contributed by atoms with Gasteiger partial charge in [-0.2, -0.15) is 0 Å². The Hall–Kier alpha value is -0.210. The Bertz CT molecular complexity index is 78.9. The van der Waals surface area contributed by atoms with Crippen molar-refractivity contribution in [1.29, 1.82) is 0 Å². The first kappa shape index (κ1) is 3.96. The molecule has 1 aliphatic heterocycles. The fourth-order valence-corrected chi connectivity index (χ4v) is 0.421. The van der Waals surface area contributed by atoms with Crippen molar-refractivity contribution in [2.24, 2.45) is 0 Å². The molecule has 3 heteroatoms. The van der Waals surface area contributed by atoms with Crippen molar-refractivity contribution in [3.8, 4) is 0 Å². The molecule has 0 saturated carbocycles. The van der Waals surface area contributed by atoms with Crippen LogP contribution in [0.1, 0.15) is 0 Å². The highest BCUT2D eigenvalue weighted by Crippen LogP contribution is 1.96. The Labute approximate surface area is 41.1 Å². The average molecular weight is 104 g/mol. The highest BCUT2D eigenvalue weighted by atomic mass is 35.5. The minimum absolute atomic E-state index is 0.634. The SMILES string of the molecule is ClC1=CC[N]N1. The molecule has 1 N–H and O–H groups in total. The van der Waals surface area contributed by atoms with Crippen LogP contribution in [0.15, 0.2) is 11.2 Å². The Morgan fingerprint density at radius 3 is 3.00 bits per heavy atom.